The first-order valence-corrected chi connectivity index (χ1v) is 10.4. The number of hydrogen-bond donors (Lipinski definition) is 0. The SMILES string of the molecule is Cc1cc(-c2nnc(-c3cccc(C(F)(F)F)c3)o2)ccc1N1CCCS1(=O)=O. The minimum Gasteiger partial charge on any atom is -0.416 e. The molecule has 6 nitrogen and oxygen atoms in total. The van der Waals surface area contributed by atoms with E-state index in [0.717, 1.165) is 12.1 Å². The number of benzene rings is 2. The van der Waals surface area contributed by atoms with Crippen molar-refractivity contribution >= 4 is 15.7 Å². The zero-order valence-electron chi connectivity index (χ0n) is 15.3. The fourth-order valence-electron chi connectivity index (χ4n) is 3.26. The Kier molecular flexibility index (Phi) is 4.60. The molecule has 2 heterocycles. The number of nitrogens with zero attached hydrogens (tertiary/aromatic N) is 3. The van der Waals surface area contributed by atoms with Gasteiger partial charge >= 0.3 is 6.18 Å². The molecule has 4 rings (SSSR count). The number of aryl methyl sites for hydroxylation is 1. The van der Waals surface area contributed by atoms with Crippen molar-refractivity contribution in [3.8, 4) is 22.9 Å². The van der Waals surface area contributed by atoms with Gasteiger partial charge in [0.1, 0.15) is 0 Å². The first-order valence-electron chi connectivity index (χ1n) is 8.78. The Labute approximate surface area is 165 Å². The monoisotopic (exact) mass is 423 g/mol. The highest BCUT2D eigenvalue weighted by Crippen LogP contribution is 2.34. The highest BCUT2D eigenvalue weighted by atomic mass is 32.2. The summed E-state index contributed by atoms with van der Waals surface area (Å²) in [6.45, 7) is 2.21. The quantitative estimate of drug-likeness (QED) is 0.629. The molecule has 3 aromatic rings. The van der Waals surface area contributed by atoms with Crippen molar-refractivity contribution < 1.29 is 26.0 Å². The van der Waals surface area contributed by atoms with E-state index in [1.807, 2.05) is 0 Å². The first kappa shape index (κ1) is 19.4. The lowest BCUT2D eigenvalue weighted by Gasteiger charge is -2.19. The Hall–Kier alpha value is -2.88. The van der Waals surface area contributed by atoms with Crippen molar-refractivity contribution in [2.75, 3.05) is 16.6 Å². The van der Waals surface area contributed by atoms with Gasteiger partial charge in [-0.15, -0.1) is 10.2 Å². The number of halogens is 3. The van der Waals surface area contributed by atoms with Crippen molar-refractivity contribution in [1.82, 2.24) is 10.2 Å². The van der Waals surface area contributed by atoms with Gasteiger partial charge in [-0.25, -0.2) is 8.42 Å². The fraction of sp³-hybridized carbons (Fsp3) is 0.263. The molecule has 0 spiro atoms. The second-order valence-corrected chi connectivity index (χ2v) is 8.75. The minimum absolute atomic E-state index is 0.0325. The third-order valence-electron chi connectivity index (χ3n) is 4.67. The van der Waals surface area contributed by atoms with Gasteiger partial charge in [0.05, 0.1) is 17.0 Å². The van der Waals surface area contributed by atoms with E-state index in [9.17, 15) is 21.6 Å². The molecular formula is C19H16F3N3O3S. The van der Waals surface area contributed by atoms with Crippen LogP contribution in [-0.2, 0) is 16.2 Å². The van der Waals surface area contributed by atoms with Crippen LogP contribution in [0.4, 0.5) is 18.9 Å². The number of hydrogen-bond acceptors (Lipinski definition) is 5. The minimum atomic E-state index is -4.47. The van der Waals surface area contributed by atoms with E-state index in [1.54, 1.807) is 25.1 Å². The molecule has 0 bridgehead atoms. The van der Waals surface area contributed by atoms with E-state index < -0.39 is 21.8 Å². The van der Waals surface area contributed by atoms with Crippen LogP contribution in [0.5, 0.6) is 0 Å². The summed E-state index contributed by atoms with van der Waals surface area (Å²) in [4.78, 5) is 0. The largest absolute Gasteiger partial charge is 0.416 e. The van der Waals surface area contributed by atoms with Crippen LogP contribution in [0, 0.1) is 6.92 Å². The maximum Gasteiger partial charge on any atom is 0.416 e. The maximum atomic E-state index is 12.9. The average molecular weight is 423 g/mol. The number of alkyl halides is 3. The molecule has 1 aliphatic heterocycles. The molecule has 10 heteroatoms. The molecule has 0 radical (unpaired) electrons. The molecule has 1 aliphatic rings. The number of rotatable bonds is 3. The van der Waals surface area contributed by atoms with Crippen LogP contribution in [0.3, 0.4) is 0 Å². The van der Waals surface area contributed by atoms with Gasteiger partial charge in [0.15, 0.2) is 0 Å². The zero-order chi connectivity index (χ0) is 20.8. The summed E-state index contributed by atoms with van der Waals surface area (Å²) in [5.41, 5.74) is 1.21. The van der Waals surface area contributed by atoms with E-state index in [1.165, 1.54) is 16.4 Å². The number of sulfonamides is 1. The third kappa shape index (κ3) is 3.71. The van der Waals surface area contributed by atoms with E-state index in [0.29, 0.717) is 29.8 Å². The van der Waals surface area contributed by atoms with Crippen LogP contribution < -0.4 is 4.31 Å². The van der Waals surface area contributed by atoms with E-state index in [2.05, 4.69) is 10.2 Å². The van der Waals surface area contributed by atoms with Gasteiger partial charge in [-0.1, -0.05) is 6.07 Å². The summed E-state index contributed by atoms with van der Waals surface area (Å²) in [7, 11) is -3.30. The molecule has 1 aromatic heterocycles. The Balaban J connectivity index is 1.65. The molecular weight excluding hydrogens is 407 g/mol. The van der Waals surface area contributed by atoms with E-state index in [-0.39, 0.29) is 23.1 Å². The number of aromatic nitrogens is 2. The maximum absolute atomic E-state index is 12.9. The molecule has 1 saturated heterocycles. The Morgan fingerprint density at radius 1 is 1.03 bits per heavy atom. The topological polar surface area (TPSA) is 76.3 Å². The van der Waals surface area contributed by atoms with E-state index in [4.69, 9.17) is 4.42 Å². The van der Waals surface area contributed by atoms with Gasteiger partial charge in [0, 0.05) is 17.7 Å². The molecule has 2 aromatic carbocycles. The van der Waals surface area contributed by atoms with Crippen molar-refractivity contribution in [3.05, 3.63) is 53.6 Å². The zero-order valence-corrected chi connectivity index (χ0v) is 16.1. The lowest BCUT2D eigenvalue weighted by atomic mass is 10.1. The molecule has 0 unspecified atom stereocenters. The highest BCUT2D eigenvalue weighted by molar-refractivity contribution is 7.93. The Bertz CT molecular complexity index is 1170. The summed E-state index contributed by atoms with van der Waals surface area (Å²) in [5, 5.41) is 7.77. The molecule has 0 saturated carbocycles. The van der Waals surface area contributed by atoms with Crippen molar-refractivity contribution in [1.29, 1.82) is 0 Å². The first-order chi connectivity index (χ1) is 13.6. The van der Waals surface area contributed by atoms with Gasteiger partial charge < -0.3 is 4.42 Å². The van der Waals surface area contributed by atoms with Gasteiger partial charge in [0.25, 0.3) is 0 Å². The van der Waals surface area contributed by atoms with Crippen LogP contribution in [0.25, 0.3) is 22.9 Å². The molecule has 29 heavy (non-hydrogen) atoms. The second-order valence-electron chi connectivity index (χ2n) is 6.73. The summed E-state index contributed by atoms with van der Waals surface area (Å²) < 4.78 is 69.9. The van der Waals surface area contributed by atoms with Crippen molar-refractivity contribution in [3.63, 3.8) is 0 Å². The second kappa shape index (κ2) is 6.87. The van der Waals surface area contributed by atoms with Crippen LogP contribution in [-0.4, -0.2) is 30.9 Å². The van der Waals surface area contributed by atoms with Crippen LogP contribution >= 0.6 is 0 Å². The number of anilines is 1. The Morgan fingerprint density at radius 2 is 1.72 bits per heavy atom. The van der Waals surface area contributed by atoms with Gasteiger partial charge in [-0.05, 0) is 55.3 Å². The van der Waals surface area contributed by atoms with Gasteiger partial charge in [-0.3, -0.25) is 4.31 Å². The normalized spacial score (nSPS) is 16.3. The van der Waals surface area contributed by atoms with Gasteiger partial charge in [0.2, 0.25) is 21.8 Å². The third-order valence-corrected chi connectivity index (χ3v) is 6.53. The van der Waals surface area contributed by atoms with Crippen LogP contribution in [0.1, 0.15) is 17.5 Å². The average Bonchev–Trinajstić information content (AvgIpc) is 3.28. The molecule has 0 atom stereocenters. The smallest absolute Gasteiger partial charge is 0.416 e. The van der Waals surface area contributed by atoms with Crippen LogP contribution in [0.2, 0.25) is 0 Å². The predicted molar refractivity (Wildman–Crippen MR) is 101 cm³/mol. The lowest BCUT2D eigenvalue weighted by Crippen LogP contribution is -2.25. The van der Waals surface area contributed by atoms with Gasteiger partial charge in [-0.2, -0.15) is 13.2 Å². The van der Waals surface area contributed by atoms with Crippen molar-refractivity contribution in [2.24, 2.45) is 0 Å². The van der Waals surface area contributed by atoms with E-state index >= 15 is 0 Å². The van der Waals surface area contributed by atoms with Crippen molar-refractivity contribution in [2.45, 2.75) is 19.5 Å². The highest BCUT2D eigenvalue weighted by Gasteiger charge is 2.31. The molecule has 0 aliphatic carbocycles. The van der Waals surface area contributed by atoms with Crippen LogP contribution in [0.15, 0.2) is 46.9 Å². The summed E-state index contributed by atoms with van der Waals surface area (Å²) in [6.07, 6.45) is -3.89. The summed E-state index contributed by atoms with van der Waals surface area (Å²) >= 11 is 0. The Morgan fingerprint density at radius 3 is 2.31 bits per heavy atom. The molecule has 1 fully saturated rings. The molecule has 0 N–H and O–H groups in total. The fourth-order valence-corrected chi connectivity index (χ4v) is 4.89. The summed E-state index contributed by atoms with van der Waals surface area (Å²) in [6, 6.07) is 9.68. The molecule has 0 amide bonds. The standard InChI is InChI=1S/C19H16F3N3O3S/c1-12-10-14(6-7-16(12)25-8-3-9-29(25,26)27)18-24-23-17(28-18)13-4-2-5-15(11-13)19(20,21)22/h2,4-7,10-11H,3,8-9H2,1H3. The summed E-state index contributed by atoms with van der Waals surface area (Å²) in [5.74, 6) is 0.226. The molecule has 152 valence electrons. The lowest BCUT2D eigenvalue weighted by molar-refractivity contribution is -0.137. The predicted octanol–water partition coefficient (Wildman–Crippen LogP) is 4.27.